The maximum absolute atomic E-state index is 13.1. The minimum absolute atomic E-state index is 0.153. The monoisotopic (exact) mass is 382 g/mol. The molecule has 0 saturated carbocycles. The van der Waals surface area contributed by atoms with Crippen molar-refractivity contribution in [2.75, 3.05) is 45.3 Å². The van der Waals surface area contributed by atoms with Crippen molar-refractivity contribution in [3.8, 4) is 5.75 Å². The number of hydrogen-bond acceptors (Lipinski definition) is 5. The molecule has 1 aliphatic rings. The topological polar surface area (TPSA) is 98.5 Å². The smallest absolute Gasteiger partial charge is 0.221 e. The molecule has 0 fully saturated rings. The molecule has 0 aliphatic heterocycles. The number of nitrogens with one attached hydrogen (secondary N) is 1. The Morgan fingerprint density at radius 2 is 1.68 bits per heavy atom. The van der Waals surface area contributed by atoms with E-state index in [4.69, 9.17) is 10.5 Å². The van der Waals surface area contributed by atoms with Crippen molar-refractivity contribution in [1.82, 2.24) is 0 Å². The maximum Gasteiger partial charge on any atom is 0.221 e. The average Bonchev–Trinajstić information content (AvgIpc) is 2.59. The number of fused-ring (bicyclic) bond motifs is 2. The zero-order valence-corrected chi connectivity index (χ0v) is 16.5. The standard InChI is InChI=1S/C21H23N3O4/c1-12(25)23-15-7-5-6-13-17(15)20(26)14-8-9-16(19(22)18(14)21(13)27)28-11-10-24(2,3)4/h5-9H,10-11H2,1-4H3,(H2-,22,23,25,26,27)/p+1. The van der Waals surface area contributed by atoms with Crippen molar-refractivity contribution >= 4 is 28.8 Å². The molecule has 0 heterocycles. The first-order valence-corrected chi connectivity index (χ1v) is 8.96. The van der Waals surface area contributed by atoms with Gasteiger partial charge in [-0.05, 0) is 18.2 Å². The van der Waals surface area contributed by atoms with Crippen LogP contribution in [-0.4, -0.2) is 56.3 Å². The van der Waals surface area contributed by atoms with Crippen LogP contribution in [-0.2, 0) is 4.79 Å². The second-order valence-electron chi connectivity index (χ2n) is 7.83. The number of nitrogen functional groups attached to an aromatic ring is 1. The molecule has 2 aromatic carbocycles. The predicted octanol–water partition coefficient (Wildman–Crippen LogP) is 2.09. The molecule has 1 amide bonds. The SMILES string of the molecule is CC(=O)Nc1cccc2c1C(=O)c1ccc(OCC[N+](C)(C)C)c(N)c1C2=O. The Hall–Kier alpha value is -3.19. The van der Waals surface area contributed by atoms with Gasteiger partial charge in [-0.1, -0.05) is 12.1 Å². The predicted molar refractivity (Wildman–Crippen MR) is 107 cm³/mol. The number of anilines is 2. The molecule has 2 aromatic rings. The summed E-state index contributed by atoms with van der Waals surface area (Å²) in [5.74, 6) is -0.639. The van der Waals surface area contributed by atoms with Crippen LogP contribution in [0.15, 0.2) is 30.3 Å². The van der Waals surface area contributed by atoms with Crippen molar-refractivity contribution in [2.24, 2.45) is 0 Å². The summed E-state index contributed by atoms with van der Waals surface area (Å²) in [7, 11) is 6.14. The van der Waals surface area contributed by atoms with Crippen LogP contribution in [0.2, 0.25) is 0 Å². The number of amides is 1. The second-order valence-corrected chi connectivity index (χ2v) is 7.83. The number of ketones is 2. The third-order valence-electron chi connectivity index (χ3n) is 4.54. The third kappa shape index (κ3) is 3.61. The normalized spacial score (nSPS) is 13.0. The molecule has 0 unspecified atom stereocenters. The van der Waals surface area contributed by atoms with Crippen molar-refractivity contribution in [2.45, 2.75) is 6.92 Å². The molecule has 0 atom stereocenters. The van der Waals surface area contributed by atoms with Crippen molar-refractivity contribution in [3.63, 3.8) is 0 Å². The van der Waals surface area contributed by atoms with Gasteiger partial charge in [-0.2, -0.15) is 0 Å². The summed E-state index contributed by atoms with van der Waals surface area (Å²) in [6, 6.07) is 7.95. The number of likely N-dealkylation sites (N-methyl/N-ethyl adjacent to an activating group) is 1. The Kier molecular flexibility index (Phi) is 4.95. The van der Waals surface area contributed by atoms with E-state index in [1.165, 1.54) is 6.92 Å². The van der Waals surface area contributed by atoms with Crippen LogP contribution < -0.4 is 15.8 Å². The fourth-order valence-electron chi connectivity index (χ4n) is 3.14. The van der Waals surface area contributed by atoms with Crippen LogP contribution in [0.4, 0.5) is 11.4 Å². The summed E-state index contributed by atoms with van der Waals surface area (Å²) in [6.07, 6.45) is 0. The summed E-state index contributed by atoms with van der Waals surface area (Å²) < 4.78 is 6.49. The van der Waals surface area contributed by atoms with Crippen LogP contribution >= 0.6 is 0 Å². The molecule has 3 N–H and O–H groups in total. The fraction of sp³-hybridized carbons (Fsp3) is 0.286. The average molecular weight is 382 g/mol. The van der Waals surface area contributed by atoms with Crippen LogP contribution in [0.5, 0.6) is 5.75 Å². The first-order valence-electron chi connectivity index (χ1n) is 8.96. The van der Waals surface area contributed by atoms with Gasteiger partial charge in [-0.15, -0.1) is 0 Å². The Bertz CT molecular complexity index is 990. The highest BCUT2D eigenvalue weighted by Crippen LogP contribution is 2.38. The lowest BCUT2D eigenvalue weighted by molar-refractivity contribution is -0.870. The Labute approximate surface area is 163 Å². The molecule has 0 aromatic heterocycles. The Morgan fingerprint density at radius 3 is 2.32 bits per heavy atom. The van der Waals surface area contributed by atoms with Gasteiger partial charge in [0.1, 0.15) is 18.9 Å². The van der Waals surface area contributed by atoms with Crippen LogP contribution in [0.3, 0.4) is 0 Å². The number of quaternary nitrogens is 1. The van der Waals surface area contributed by atoms with Gasteiger partial charge < -0.3 is 20.3 Å². The summed E-state index contributed by atoms with van der Waals surface area (Å²) >= 11 is 0. The highest BCUT2D eigenvalue weighted by Gasteiger charge is 2.34. The minimum Gasteiger partial charge on any atom is -0.486 e. The van der Waals surface area contributed by atoms with Gasteiger partial charge in [0.15, 0.2) is 11.6 Å². The minimum atomic E-state index is -0.355. The molecule has 0 radical (unpaired) electrons. The van der Waals surface area contributed by atoms with E-state index in [0.717, 1.165) is 11.0 Å². The van der Waals surface area contributed by atoms with Crippen molar-refractivity contribution in [3.05, 3.63) is 52.6 Å². The molecule has 146 valence electrons. The quantitative estimate of drug-likeness (QED) is 0.520. The zero-order chi connectivity index (χ0) is 20.6. The fourth-order valence-corrected chi connectivity index (χ4v) is 3.14. The van der Waals surface area contributed by atoms with Gasteiger partial charge in [-0.3, -0.25) is 14.4 Å². The Balaban J connectivity index is 2.01. The van der Waals surface area contributed by atoms with E-state index in [0.29, 0.717) is 18.0 Å². The molecule has 0 spiro atoms. The first kappa shape index (κ1) is 19.6. The molecule has 28 heavy (non-hydrogen) atoms. The van der Waals surface area contributed by atoms with Gasteiger partial charge in [0.05, 0.1) is 43.6 Å². The number of carbonyl (C=O) groups is 3. The number of nitrogens with zero attached hydrogens (tertiary/aromatic N) is 1. The lowest BCUT2D eigenvalue weighted by Crippen LogP contribution is -2.38. The number of nitrogens with two attached hydrogens (primary N) is 1. The van der Waals surface area contributed by atoms with E-state index in [1.54, 1.807) is 30.3 Å². The molecule has 3 rings (SSSR count). The molecular formula is C21H24N3O4+. The maximum atomic E-state index is 13.1. The molecule has 1 aliphatic carbocycles. The van der Waals surface area contributed by atoms with E-state index in [-0.39, 0.29) is 45.4 Å². The van der Waals surface area contributed by atoms with E-state index in [2.05, 4.69) is 5.32 Å². The molecule has 0 bridgehead atoms. The highest BCUT2D eigenvalue weighted by atomic mass is 16.5. The number of rotatable bonds is 5. The van der Waals surface area contributed by atoms with Gasteiger partial charge in [0.25, 0.3) is 0 Å². The van der Waals surface area contributed by atoms with Crippen molar-refractivity contribution in [1.29, 1.82) is 0 Å². The van der Waals surface area contributed by atoms with Gasteiger partial charge >= 0.3 is 0 Å². The zero-order valence-electron chi connectivity index (χ0n) is 16.5. The summed E-state index contributed by atoms with van der Waals surface area (Å²) in [6.45, 7) is 2.53. The van der Waals surface area contributed by atoms with E-state index < -0.39 is 0 Å². The van der Waals surface area contributed by atoms with E-state index in [9.17, 15) is 14.4 Å². The number of hydrogen-bond donors (Lipinski definition) is 2. The summed E-state index contributed by atoms with van der Waals surface area (Å²) in [5, 5.41) is 2.61. The highest BCUT2D eigenvalue weighted by molar-refractivity contribution is 6.32. The lowest BCUT2D eigenvalue weighted by Gasteiger charge is -2.25. The van der Waals surface area contributed by atoms with Crippen LogP contribution in [0.25, 0.3) is 0 Å². The lowest BCUT2D eigenvalue weighted by atomic mass is 9.82. The Morgan fingerprint density at radius 1 is 1.04 bits per heavy atom. The largest absolute Gasteiger partial charge is 0.486 e. The van der Waals surface area contributed by atoms with Crippen molar-refractivity contribution < 1.29 is 23.6 Å². The molecule has 7 nitrogen and oxygen atoms in total. The first-order chi connectivity index (χ1) is 13.1. The van der Waals surface area contributed by atoms with Gasteiger partial charge in [-0.25, -0.2) is 0 Å². The molecule has 0 saturated heterocycles. The van der Waals surface area contributed by atoms with Crippen LogP contribution in [0.1, 0.15) is 38.8 Å². The van der Waals surface area contributed by atoms with Crippen LogP contribution in [0, 0.1) is 0 Å². The number of benzene rings is 2. The second kappa shape index (κ2) is 7.09. The molecular weight excluding hydrogens is 358 g/mol. The van der Waals surface area contributed by atoms with E-state index in [1.807, 2.05) is 21.1 Å². The third-order valence-corrected chi connectivity index (χ3v) is 4.54. The van der Waals surface area contributed by atoms with E-state index >= 15 is 0 Å². The number of carbonyl (C=O) groups excluding carboxylic acids is 3. The van der Waals surface area contributed by atoms with Gasteiger partial charge in [0.2, 0.25) is 5.91 Å². The summed E-state index contributed by atoms with van der Waals surface area (Å²) in [5.41, 5.74) is 7.46. The summed E-state index contributed by atoms with van der Waals surface area (Å²) in [4.78, 5) is 37.6. The number of ether oxygens (including phenoxy) is 1. The molecule has 7 heteroatoms. The van der Waals surface area contributed by atoms with Gasteiger partial charge in [0, 0.05) is 18.1 Å².